The van der Waals surface area contributed by atoms with Gasteiger partial charge in [-0.15, -0.1) is 0 Å². The molecule has 1 saturated heterocycles. The van der Waals surface area contributed by atoms with E-state index in [4.69, 9.17) is 0 Å². The number of carbonyl (C=O) groups is 1. The Morgan fingerprint density at radius 3 is 1.57 bits per heavy atom. The molecule has 0 bridgehead atoms. The van der Waals surface area contributed by atoms with Crippen molar-refractivity contribution in [1.82, 2.24) is 4.90 Å². The number of hydrogen-bond acceptors (Lipinski definition) is 2. The Kier molecular flexibility index (Phi) is 7.63. The summed E-state index contributed by atoms with van der Waals surface area (Å²) < 4.78 is 0. The van der Waals surface area contributed by atoms with Crippen LogP contribution in [0, 0.1) is 11.3 Å². The van der Waals surface area contributed by atoms with Gasteiger partial charge in [0.1, 0.15) is 0 Å². The largest absolute Gasteiger partial charge is 0.343 e. The molecule has 0 spiro atoms. The molecule has 0 aromatic heterocycles. The lowest BCUT2D eigenvalue weighted by molar-refractivity contribution is -0.133. The van der Waals surface area contributed by atoms with E-state index in [-0.39, 0.29) is 11.3 Å². The summed E-state index contributed by atoms with van der Waals surface area (Å²) in [4.78, 5) is 16.2. The van der Waals surface area contributed by atoms with E-state index in [0.717, 1.165) is 22.3 Å². The molecule has 1 aliphatic heterocycles. The molecular weight excluding hydrogens is 488 g/mol. The van der Waals surface area contributed by atoms with Crippen molar-refractivity contribution in [1.29, 1.82) is 5.26 Å². The Morgan fingerprint density at radius 1 is 0.700 bits per heavy atom. The highest BCUT2D eigenvalue weighted by Gasteiger charge is 2.42. The Labute approximate surface area is 239 Å². The predicted molar refractivity (Wildman–Crippen MR) is 162 cm³/mol. The average Bonchev–Trinajstić information content (AvgIpc) is 3.01. The summed E-state index contributed by atoms with van der Waals surface area (Å²) in [6.07, 6.45) is 1.60. The molecule has 0 atom stereocenters. The van der Waals surface area contributed by atoms with Gasteiger partial charge in [0.15, 0.2) is 0 Å². The maximum Gasteiger partial charge on any atom is 0.224 e. The van der Waals surface area contributed by atoms with E-state index >= 15 is 0 Å². The highest BCUT2D eigenvalue weighted by Crippen LogP contribution is 2.44. The molecule has 40 heavy (non-hydrogen) atoms. The number of hydrogen-bond donors (Lipinski definition) is 0. The van der Waals surface area contributed by atoms with Crippen LogP contribution >= 0.6 is 0 Å². The van der Waals surface area contributed by atoms with Crippen molar-refractivity contribution < 1.29 is 4.79 Å². The lowest BCUT2D eigenvalue weighted by Crippen LogP contribution is -2.47. The fourth-order valence-electron chi connectivity index (χ4n) is 6.20. The van der Waals surface area contributed by atoms with Gasteiger partial charge in [-0.05, 0) is 46.1 Å². The van der Waals surface area contributed by atoms with Crippen molar-refractivity contribution in [3.05, 3.63) is 143 Å². The molecule has 0 N–H and O–H groups in total. The minimum Gasteiger partial charge on any atom is -0.343 e. The maximum absolute atomic E-state index is 14.2. The quantitative estimate of drug-likeness (QED) is 0.241. The maximum atomic E-state index is 14.2. The van der Waals surface area contributed by atoms with E-state index in [0.29, 0.717) is 32.4 Å². The standard InChI is InChI=1S/C37H38N2O/c1-35(2,3)29-19-21-33(22-20-29)37(31-15-9-5-10-16-31,32-17-11-6-12-18-32)27-34(40)39-25-23-36(28-38,24-26-39)30-13-7-4-8-14-30/h4-22H,23-27H2,1-3H3. The Morgan fingerprint density at radius 2 is 1.12 bits per heavy atom. The molecule has 5 rings (SSSR count). The van der Waals surface area contributed by atoms with Gasteiger partial charge in [0, 0.05) is 19.5 Å². The van der Waals surface area contributed by atoms with Crippen LogP contribution in [0.3, 0.4) is 0 Å². The minimum atomic E-state index is -0.640. The monoisotopic (exact) mass is 526 g/mol. The van der Waals surface area contributed by atoms with Gasteiger partial charge in [0.25, 0.3) is 0 Å². The summed E-state index contributed by atoms with van der Waals surface area (Å²) >= 11 is 0. The lowest BCUT2D eigenvalue weighted by atomic mass is 9.66. The smallest absolute Gasteiger partial charge is 0.224 e. The second-order valence-electron chi connectivity index (χ2n) is 12.1. The molecule has 0 unspecified atom stereocenters. The minimum absolute atomic E-state index is 0.0380. The number of piperidine rings is 1. The van der Waals surface area contributed by atoms with Crippen molar-refractivity contribution in [2.24, 2.45) is 0 Å². The third-order valence-electron chi connectivity index (χ3n) is 8.70. The summed E-state index contributed by atoms with van der Waals surface area (Å²) in [5.41, 5.74) is 4.48. The van der Waals surface area contributed by atoms with E-state index in [1.807, 2.05) is 47.4 Å². The first-order chi connectivity index (χ1) is 19.3. The van der Waals surface area contributed by atoms with Crippen molar-refractivity contribution >= 4 is 5.91 Å². The Hall–Kier alpha value is -4.16. The van der Waals surface area contributed by atoms with Gasteiger partial charge in [-0.25, -0.2) is 0 Å². The second-order valence-corrected chi connectivity index (χ2v) is 12.1. The van der Waals surface area contributed by atoms with Crippen LogP contribution in [0.5, 0.6) is 0 Å². The van der Waals surface area contributed by atoms with Crippen LogP contribution < -0.4 is 0 Å². The SMILES string of the molecule is CC(C)(C)c1ccc(C(CC(=O)N2CCC(C#N)(c3ccccc3)CC2)(c2ccccc2)c2ccccc2)cc1. The van der Waals surface area contributed by atoms with Gasteiger partial charge in [-0.2, -0.15) is 5.26 Å². The zero-order valence-corrected chi connectivity index (χ0v) is 23.8. The predicted octanol–water partition coefficient (Wildman–Crippen LogP) is 7.79. The summed E-state index contributed by atoms with van der Waals surface area (Å²) in [6, 6.07) is 42.3. The summed E-state index contributed by atoms with van der Waals surface area (Å²) in [7, 11) is 0. The first-order valence-electron chi connectivity index (χ1n) is 14.3. The normalized spacial score (nSPS) is 15.3. The van der Waals surface area contributed by atoms with Gasteiger partial charge < -0.3 is 4.90 Å². The Bertz CT molecular complexity index is 1420. The third kappa shape index (κ3) is 5.19. The fourth-order valence-corrected chi connectivity index (χ4v) is 6.20. The topological polar surface area (TPSA) is 44.1 Å². The second kappa shape index (κ2) is 11.1. The van der Waals surface area contributed by atoms with Crippen molar-refractivity contribution in [2.45, 2.75) is 56.3 Å². The molecule has 3 nitrogen and oxygen atoms in total. The van der Waals surface area contributed by atoms with Crippen LogP contribution in [0.4, 0.5) is 0 Å². The molecule has 3 heteroatoms. The molecule has 202 valence electrons. The highest BCUT2D eigenvalue weighted by atomic mass is 16.2. The molecule has 0 aliphatic carbocycles. The van der Waals surface area contributed by atoms with E-state index in [1.54, 1.807) is 0 Å². The van der Waals surface area contributed by atoms with Crippen LogP contribution in [-0.4, -0.2) is 23.9 Å². The number of benzene rings is 4. The molecule has 4 aromatic rings. The van der Waals surface area contributed by atoms with Crippen molar-refractivity contribution in [2.75, 3.05) is 13.1 Å². The van der Waals surface area contributed by atoms with Crippen LogP contribution in [0.2, 0.25) is 0 Å². The molecule has 0 saturated carbocycles. The van der Waals surface area contributed by atoms with E-state index in [2.05, 4.69) is 99.6 Å². The summed E-state index contributed by atoms with van der Waals surface area (Å²) in [6.45, 7) is 7.81. The van der Waals surface area contributed by atoms with Gasteiger partial charge >= 0.3 is 0 Å². The number of nitrogens with zero attached hydrogens (tertiary/aromatic N) is 2. The highest BCUT2D eigenvalue weighted by molar-refractivity contribution is 5.80. The number of likely N-dealkylation sites (tertiary alicyclic amines) is 1. The van der Waals surface area contributed by atoms with Crippen LogP contribution in [0.15, 0.2) is 115 Å². The lowest BCUT2D eigenvalue weighted by Gasteiger charge is -2.41. The van der Waals surface area contributed by atoms with E-state index in [1.165, 1.54) is 5.56 Å². The first-order valence-corrected chi connectivity index (χ1v) is 14.3. The number of carbonyl (C=O) groups excluding carboxylic acids is 1. The molecule has 1 heterocycles. The summed E-state index contributed by atoms with van der Waals surface area (Å²) in [5.74, 6) is 0.118. The molecule has 1 aliphatic rings. The number of rotatable bonds is 6. The molecule has 1 amide bonds. The average molecular weight is 527 g/mol. The summed E-state index contributed by atoms with van der Waals surface area (Å²) in [5, 5.41) is 10.2. The molecule has 4 aromatic carbocycles. The molecule has 1 fully saturated rings. The number of amides is 1. The molecule has 0 radical (unpaired) electrons. The van der Waals surface area contributed by atoms with Crippen LogP contribution in [0.1, 0.15) is 67.9 Å². The van der Waals surface area contributed by atoms with Crippen LogP contribution in [-0.2, 0) is 21.0 Å². The third-order valence-corrected chi connectivity index (χ3v) is 8.70. The first kappa shape index (κ1) is 27.4. The van der Waals surface area contributed by atoms with Gasteiger partial charge in [-0.3, -0.25) is 4.79 Å². The van der Waals surface area contributed by atoms with E-state index < -0.39 is 10.8 Å². The number of nitriles is 1. The van der Waals surface area contributed by atoms with E-state index in [9.17, 15) is 10.1 Å². The molecular formula is C37H38N2O. The zero-order valence-electron chi connectivity index (χ0n) is 23.8. The van der Waals surface area contributed by atoms with Crippen molar-refractivity contribution in [3.63, 3.8) is 0 Å². The fraction of sp³-hybridized carbons (Fsp3) is 0.297. The van der Waals surface area contributed by atoms with Crippen LogP contribution in [0.25, 0.3) is 0 Å². The zero-order chi connectivity index (χ0) is 28.2. The van der Waals surface area contributed by atoms with Gasteiger partial charge in [0.2, 0.25) is 5.91 Å². The van der Waals surface area contributed by atoms with Gasteiger partial charge in [0.05, 0.1) is 16.9 Å². The van der Waals surface area contributed by atoms with Crippen molar-refractivity contribution in [3.8, 4) is 6.07 Å². The Balaban J connectivity index is 1.53. The van der Waals surface area contributed by atoms with Gasteiger partial charge in [-0.1, -0.05) is 136 Å².